The van der Waals surface area contributed by atoms with E-state index in [0.29, 0.717) is 0 Å². The topological polar surface area (TPSA) is 23.8 Å². The molecule has 0 aliphatic heterocycles. The van der Waals surface area contributed by atoms with Gasteiger partial charge in [-0.25, -0.2) is 5.26 Å². The van der Waals surface area contributed by atoms with Crippen molar-refractivity contribution < 1.29 is 0 Å². The Labute approximate surface area is 33.8 Å². The molecule has 0 bridgehead atoms. The van der Waals surface area contributed by atoms with Crippen LogP contribution in [-0.2, 0) is 10.3 Å². The van der Waals surface area contributed by atoms with Crippen LogP contribution in [0.2, 0.25) is 0 Å². The third-order valence-electron chi connectivity index (χ3n) is 0.144. The maximum absolute atomic E-state index is 7.78. The molecule has 0 N–H and O–H groups in total. The standard InChI is InChI=1S/C3H4NS/c1-5(2)3-4/h1H,2H3/q-1. The van der Waals surface area contributed by atoms with Gasteiger partial charge in [0.1, 0.15) is 0 Å². The molecule has 28 valence electrons. The summed E-state index contributed by atoms with van der Waals surface area (Å²) >= 11 is 0. The van der Waals surface area contributed by atoms with E-state index in [-0.39, 0.29) is 0 Å². The quantitative estimate of drug-likeness (QED) is 0.307. The first kappa shape index (κ1) is 4.62. The Hall–Kier alpha value is -0.380. The molecule has 0 saturated carbocycles. The molecule has 1 nitrogen and oxygen atoms in total. The van der Waals surface area contributed by atoms with E-state index in [2.05, 4.69) is 0 Å². The highest BCUT2D eigenvalue weighted by Gasteiger charge is 1.35. The molecule has 0 aromatic rings. The number of hydrogen-bond donors (Lipinski definition) is 0. The highest BCUT2D eigenvalue weighted by Crippen LogP contribution is 1.54. The number of rotatable bonds is 0. The molecule has 0 aliphatic rings. The van der Waals surface area contributed by atoms with Crippen LogP contribution in [0.25, 0.3) is 0 Å². The summed E-state index contributed by atoms with van der Waals surface area (Å²) < 4.78 is 0. The maximum Gasteiger partial charge on any atom is -0.0515 e. The van der Waals surface area contributed by atoms with E-state index in [1.807, 2.05) is 5.40 Å². The SMILES string of the molecule is C#[S-](C)C#N. The fourth-order valence-corrected chi connectivity index (χ4v) is 0. The number of nitriles is 1. The number of hydrogen-bond acceptors (Lipinski definition) is 2. The van der Waals surface area contributed by atoms with Crippen molar-refractivity contribution in [3.8, 4) is 11.1 Å². The van der Waals surface area contributed by atoms with Crippen LogP contribution in [0.5, 0.6) is 0 Å². The van der Waals surface area contributed by atoms with E-state index in [1.54, 1.807) is 6.26 Å². The zero-order valence-corrected chi connectivity index (χ0v) is 3.75. The summed E-state index contributed by atoms with van der Waals surface area (Å²) in [6.07, 6.45) is 1.67. The summed E-state index contributed by atoms with van der Waals surface area (Å²) in [6.45, 7) is 0. The van der Waals surface area contributed by atoms with Gasteiger partial charge < -0.3 is 16.0 Å². The minimum atomic E-state index is -0.517. The Morgan fingerprint density at radius 2 is 2.20 bits per heavy atom. The van der Waals surface area contributed by atoms with E-state index in [9.17, 15) is 0 Å². The second-order valence-electron chi connectivity index (χ2n) is 0.649. The first-order valence-electron chi connectivity index (χ1n) is 1.07. The zero-order valence-electron chi connectivity index (χ0n) is 2.93. The van der Waals surface area contributed by atoms with E-state index < -0.39 is 10.3 Å². The van der Waals surface area contributed by atoms with Gasteiger partial charge in [0.15, 0.2) is 0 Å². The largest absolute Gasteiger partial charge is 0.363 e. The van der Waals surface area contributed by atoms with E-state index in [0.717, 1.165) is 0 Å². The summed E-state index contributed by atoms with van der Waals surface area (Å²) in [5, 5.41) is 9.61. The van der Waals surface area contributed by atoms with Gasteiger partial charge in [-0.1, -0.05) is 5.40 Å². The molecule has 5 heavy (non-hydrogen) atoms. The summed E-state index contributed by atoms with van der Waals surface area (Å²) in [4.78, 5) is 0. The van der Waals surface area contributed by atoms with Crippen molar-refractivity contribution in [3.05, 3.63) is 0 Å². The molecule has 0 fully saturated rings. The van der Waals surface area contributed by atoms with Crippen LogP contribution in [0.15, 0.2) is 0 Å². The predicted molar refractivity (Wildman–Crippen MR) is 23.8 cm³/mol. The van der Waals surface area contributed by atoms with Crippen LogP contribution in [0, 0.1) is 16.4 Å². The van der Waals surface area contributed by atoms with Gasteiger partial charge in [0.2, 0.25) is 0 Å². The van der Waals surface area contributed by atoms with Crippen molar-refractivity contribution in [2.75, 3.05) is 6.26 Å². The normalized spacial score (nSPS) is 7.20. The molecule has 2 heteroatoms. The van der Waals surface area contributed by atoms with Crippen molar-refractivity contribution in [3.63, 3.8) is 0 Å². The van der Waals surface area contributed by atoms with Crippen LogP contribution in [0.1, 0.15) is 0 Å². The van der Waals surface area contributed by atoms with Crippen molar-refractivity contribution in [1.82, 2.24) is 0 Å². The molecule has 0 radical (unpaired) electrons. The first-order chi connectivity index (χ1) is 2.27. The van der Waals surface area contributed by atoms with E-state index >= 15 is 0 Å². The van der Waals surface area contributed by atoms with Crippen molar-refractivity contribution in [2.45, 2.75) is 0 Å². The van der Waals surface area contributed by atoms with Gasteiger partial charge in [0, 0.05) is 0 Å². The predicted octanol–water partition coefficient (Wildman–Crippen LogP) is 0.305. The third-order valence-corrected chi connectivity index (χ3v) is 0.432. The molecular weight excluding hydrogens is 82.1 g/mol. The second-order valence-corrected chi connectivity index (χ2v) is 1.95. The molecule has 0 spiro atoms. The molecule has 0 saturated heterocycles. The molecule has 0 rings (SSSR count). The molecule has 0 aromatic carbocycles. The Morgan fingerprint density at radius 3 is 2.20 bits per heavy atom. The number of thiocyanates is 1. The van der Waals surface area contributed by atoms with Gasteiger partial charge in [0.05, 0.1) is 0 Å². The molecule has 0 heterocycles. The fraction of sp³-hybridized carbons (Fsp3) is 0.333. The van der Waals surface area contributed by atoms with Crippen molar-refractivity contribution >= 4 is 10.3 Å². The molecule has 0 amide bonds. The first-order valence-corrected chi connectivity index (χ1v) is 2.77. The van der Waals surface area contributed by atoms with Crippen LogP contribution in [0.4, 0.5) is 0 Å². The molecular formula is C3H4NS-. The van der Waals surface area contributed by atoms with Crippen molar-refractivity contribution in [1.29, 1.82) is 5.26 Å². The maximum atomic E-state index is 7.78. The third kappa shape index (κ3) is 3.62. The Kier molecular flexibility index (Phi) is 1.75. The average molecular weight is 86.1 g/mol. The lowest BCUT2D eigenvalue weighted by atomic mass is 11.8. The second kappa shape index (κ2) is 1.90. The van der Waals surface area contributed by atoms with Gasteiger partial charge in [-0.2, -0.15) is 0 Å². The fourth-order valence-electron chi connectivity index (χ4n) is 0. The van der Waals surface area contributed by atoms with Gasteiger partial charge in [-0.15, -0.1) is 6.26 Å². The smallest absolute Gasteiger partial charge is 0.0515 e. The van der Waals surface area contributed by atoms with Gasteiger partial charge >= 0.3 is 0 Å². The Morgan fingerprint density at radius 1 is 2.00 bits per heavy atom. The highest BCUT2D eigenvalue weighted by atomic mass is 32.2. The van der Waals surface area contributed by atoms with Crippen LogP contribution in [-0.4, -0.2) is 6.26 Å². The van der Waals surface area contributed by atoms with Crippen molar-refractivity contribution in [2.24, 2.45) is 0 Å². The van der Waals surface area contributed by atoms with E-state index in [4.69, 9.17) is 10.9 Å². The molecule has 0 atom stereocenters. The Balaban J connectivity index is 3.52. The molecule has 0 unspecified atom stereocenters. The van der Waals surface area contributed by atoms with Gasteiger partial charge in [0.25, 0.3) is 0 Å². The minimum absolute atomic E-state index is 0.517. The lowest BCUT2D eigenvalue weighted by Gasteiger charge is -1.82. The van der Waals surface area contributed by atoms with Crippen LogP contribution >= 0.6 is 0 Å². The van der Waals surface area contributed by atoms with Gasteiger partial charge in [-0.05, 0) is 0 Å². The Bertz CT molecular complexity index is 111. The lowest BCUT2D eigenvalue weighted by molar-refractivity contribution is 1.57. The van der Waals surface area contributed by atoms with Crippen LogP contribution in [0.3, 0.4) is 0 Å². The summed E-state index contributed by atoms with van der Waals surface area (Å²) in [5.41, 5.74) is 4.96. The average Bonchev–Trinajstić information content (AvgIpc) is 1.38. The van der Waals surface area contributed by atoms with Crippen LogP contribution < -0.4 is 0 Å². The monoisotopic (exact) mass is 86.0 g/mol. The van der Waals surface area contributed by atoms with Gasteiger partial charge in [-0.3, -0.25) is 0 Å². The zero-order chi connectivity index (χ0) is 4.28. The number of nitrogens with zero attached hydrogens (tertiary/aromatic N) is 1. The summed E-state index contributed by atoms with van der Waals surface area (Å²) in [7, 11) is -0.517. The lowest BCUT2D eigenvalue weighted by Crippen LogP contribution is -1.62. The van der Waals surface area contributed by atoms with E-state index in [1.165, 1.54) is 0 Å². The summed E-state index contributed by atoms with van der Waals surface area (Å²) in [5.74, 6) is 0. The minimum Gasteiger partial charge on any atom is -0.363 e. The molecule has 0 aromatic heterocycles. The summed E-state index contributed by atoms with van der Waals surface area (Å²) in [6, 6.07) is 0. The highest BCUT2D eigenvalue weighted by molar-refractivity contribution is 7.90. The molecule has 0 aliphatic carbocycles.